The van der Waals surface area contributed by atoms with E-state index in [1.165, 1.54) is 46.6 Å². The molecule has 0 saturated carbocycles. The van der Waals surface area contributed by atoms with Crippen molar-refractivity contribution in [2.45, 2.75) is 112 Å². The molecule has 21 heavy (non-hydrogen) atoms. The molecule has 0 nitrogen and oxygen atoms in total. The van der Waals surface area contributed by atoms with Crippen LogP contribution in [-0.2, 0) is 6.51 Å². The first kappa shape index (κ1) is 9.73. The standard InChI is InChI=1S/C15H25.C5H5.Fe/c1-4-7-8-9-10-14-12-11-13(5-2)15(14)6-3;1-2-4-5-3-1;/h11-12H,4-10H2,1-3H3;1-5H;. The molecule has 10 rings (SSSR count). The number of fused-ring (bicyclic) bond motifs is 10. The Morgan fingerprint density at radius 1 is 0.714 bits per heavy atom. The molecule has 5 unspecified atom stereocenters. The average Bonchev–Trinajstić information content (AvgIpc) is 3.45. The van der Waals surface area contributed by atoms with Crippen LogP contribution >= 0.6 is 0 Å². The molecular formula is C20H30Fe. The molecule has 10 heterocycles. The number of hydrogen-bond acceptors (Lipinski definition) is 0. The van der Waals surface area contributed by atoms with E-state index in [2.05, 4.69) is 20.8 Å². The molecule has 0 radical (unpaired) electrons. The van der Waals surface area contributed by atoms with E-state index in [0.29, 0.717) is 0 Å². The van der Waals surface area contributed by atoms with Crippen LogP contribution in [0.5, 0.6) is 0 Å². The van der Waals surface area contributed by atoms with Gasteiger partial charge in [-0.05, 0) is 0 Å². The van der Waals surface area contributed by atoms with Gasteiger partial charge in [-0.3, -0.25) is 0 Å². The molecule has 5 atom stereocenters. The second kappa shape index (κ2) is 0.933. The van der Waals surface area contributed by atoms with E-state index in [9.17, 15) is 0 Å². The molecule has 0 aromatic carbocycles. The Hall–Kier alpha value is 0.519. The Morgan fingerprint density at radius 2 is 1.33 bits per heavy atom. The van der Waals surface area contributed by atoms with E-state index in [1.54, 1.807) is 32.1 Å². The van der Waals surface area contributed by atoms with Crippen molar-refractivity contribution in [1.29, 1.82) is 0 Å². The molecule has 0 N–H and O–H groups in total. The minimum atomic E-state index is -3.04. The van der Waals surface area contributed by atoms with E-state index in [1.807, 2.05) is 0 Å². The number of rotatable bonds is 7. The van der Waals surface area contributed by atoms with Gasteiger partial charge in [0.1, 0.15) is 0 Å². The van der Waals surface area contributed by atoms with Crippen LogP contribution < -0.4 is 0 Å². The van der Waals surface area contributed by atoms with Crippen molar-refractivity contribution < 1.29 is 6.51 Å². The quantitative estimate of drug-likeness (QED) is 0.341. The fourth-order valence-corrected chi connectivity index (χ4v) is 104. The van der Waals surface area contributed by atoms with Crippen LogP contribution in [0.15, 0.2) is 0 Å². The van der Waals surface area contributed by atoms with E-state index >= 15 is 0 Å². The molecule has 118 valence electrons. The van der Waals surface area contributed by atoms with Gasteiger partial charge in [-0.25, -0.2) is 0 Å². The van der Waals surface area contributed by atoms with Crippen LogP contribution in [0.4, 0.5) is 0 Å². The van der Waals surface area contributed by atoms with Gasteiger partial charge in [-0.2, -0.15) is 0 Å². The first-order chi connectivity index (χ1) is 10.0. The predicted octanol–water partition coefficient (Wildman–Crippen LogP) is 7.28. The molecule has 0 amide bonds. The first-order valence-corrected chi connectivity index (χ1v) is 16.3. The summed E-state index contributed by atoms with van der Waals surface area (Å²) in [5, 5.41) is 0. The van der Waals surface area contributed by atoms with Crippen molar-refractivity contribution >= 4 is 0 Å². The van der Waals surface area contributed by atoms with Crippen LogP contribution in [-0.4, -0.2) is 0 Å². The Balaban J connectivity index is 1.33. The molecule has 10 saturated heterocycles. The van der Waals surface area contributed by atoms with Crippen molar-refractivity contribution in [3.05, 3.63) is 0 Å². The molecule has 10 aliphatic rings. The molecule has 10 aliphatic heterocycles. The Morgan fingerprint density at radius 3 is 1.76 bits per heavy atom. The third kappa shape index (κ3) is 0.109. The van der Waals surface area contributed by atoms with Gasteiger partial charge in [-0.1, -0.05) is 0 Å². The van der Waals surface area contributed by atoms with Crippen molar-refractivity contribution in [2.75, 3.05) is 0 Å². The topological polar surface area (TPSA) is 0 Å². The monoisotopic (exact) mass is 326 g/mol. The average molecular weight is 326 g/mol. The van der Waals surface area contributed by atoms with E-state index < -0.39 is 6.51 Å². The molecule has 0 aliphatic carbocycles. The Bertz CT molecular complexity index is 1050. The van der Waals surface area contributed by atoms with Gasteiger partial charge in [0.05, 0.1) is 0 Å². The maximum absolute atomic E-state index is 3.04. The van der Waals surface area contributed by atoms with Crippen molar-refractivity contribution in [3.63, 3.8) is 0 Å². The molecule has 0 aromatic heterocycles. The summed E-state index contributed by atoms with van der Waals surface area (Å²) in [5.41, 5.74) is 0. The Kier molecular flexibility index (Phi) is 0.432. The fourth-order valence-electron chi connectivity index (χ4n) is 22.1. The van der Waals surface area contributed by atoms with Gasteiger partial charge in [0.2, 0.25) is 0 Å². The summed E-state index contributed by atoms with van der Waals surface area (Å²) in [5.74, 6) is 0. The number of unbranched alkanes of at least 4 members (excludes halogenated alkanes) is 3. The SMILES string of the molecule is CCCCCC[C]12[CH]3[CH]4[C]5(CC)[C]1(CC)[Fe]43521678[CH]2[CH]1[CH]6[CH]7[CH]28. The first-order valence-electron chi connectivity index (χ1n) is 10.2. The zero-order valence-corrected chi connectivity index (χ0v) is 14.9. The van der Waals surface area contributed by atoms with Crippen molar-refractivity contribution in [2.24, 2.45) is 0 Å². The normalized spacial score (nSPS) is 106. The van der Waals surface area contributed by atoms with Crippen LogP contribution in [0, 0.1) is 0 Å². The van der Waals surface area contributed by atoms with Crippen molar-refractivity contribution in [3.8, 4) is 0 Å². The Labute approximate surface area is 119 Å². The summed E-state index contributed by atoms with van der Waals surface area (Å²) in [6.45, 7) is 4.67. The van der Waals surface area contributed by atoms with E-state index in [0.717, 1.165) is 12.9 Å². The zero-order chi connectivity index (χ0) is 13.8. The molecule has 0 bridgehead atoms. The van der Waals surface area contributed by atoms with Gasteiger partial charge in [0.25, 0.3) is 0 Å². The van der Waals surface area contributed by atoms with E-state index in [-0.39, 0.29) is 0 Å². The summed E-state index contributed by atoms with van der Waals surface area (Å²) in [6.07, 6.45) is 11.3. The van der Waals surface area contributed by atoms with Gasteiger partial charge in [0.15, 0.2) is 0 Å². The van der Waals surface area contributed by atoms with E-state index in [4.69, 9.17) is 0 Å². The zero-order valence-electron chi connectivity index (χ0n) is 13.8. The molecular weight excluding hydrogens is 296 g/mol. The van der Waals surface area contributed by atoms with Gasteiger partial charge >= 0.3 is 119 Å². The summed E-state index contributed by atoms with van der Waals surface area (Å²) in [7, 11) is 0. The fraction of sp³-hybridized carbons (Fsp3) is 1.00. The second-order valence-electron chi connectivity index (χ2n) is 12.8. The summed E-state index contributed by atoms with van der Waals surface area (Å²) in [6, 6.07) is 0. The predicted molar refractivity (Wildman–Crippen MR) is 83.7 cm³/mol. The van der Waals surface area contributed by atoms with Crippen molar-refractivity contribution in [1.82, 2.24) is 0 Å². The molecule has 1 spiro atoms. The van der Waals surface area contributed by atoms with Crippen LogP contribution in [0.3, 0.4) is 0 Å². The maximum atomic E-state index is 2.67. The molecule has 0 aromatic rings. The third-order valence-corrected chi connectivity index (χ3v) is 63.8. The molecule has 1 heteroatoms. The van der Waals surface area contributed by atoms with Gasteiger partial charge < -0.3 is 0 Å². The van der Waals surface area contributed by atoms with Crippen LogP contribution in [0.2, 0.25) is 46.7 Å². The van der Waals surface area contributed by atoms with Crippen LogP contribution in [0.25, 0.3) is 0 Å². The summed E-state index contributed by atoms with van der Waals surface area (Å²) < 4.78 is 3.42. The second-order valence-corrected chi connectivity index (χ2v) is 36.0. The molecule has 10 fully saturated rings. The summed E-state index contributed by atoms with van der Waals surface area (Å²) >= 11 is 0. The van der Waals surface area contributed by atoms with Gasteiger partial charge in [-0.15, -0.1) is 0 Å². The summed E-state index contributed by atoms with van der Waals surface area (Å²) in [4.78, 5) is 10.5. The minimum absolute atomic E-state index is 1.13. The van der Waals surface area contributed by atoms with Crippen LogP contribution in [0.1, 0.15) is 65.7 Å². The number of hydrogen-bond donors (Lipinski definition) is 0. The third-order valence-electron chi connectivity index (χ3n) is 18.4. The van der Waals surface area contributed by atoms with Gasteiger partial charge in [0, 0.05) is 0 Å².